The van der Waals surface area contributed by atoms with E-state index in [1.54, 1.807) is 18.2 Å². The summed E-state index contributed by atoms with van der Waals surface area (Å²) in [7, 11) is 0. The molecular formula is C13H9N3O5. The van der Waals surface area contributed by atoms with Gasteiger partial charge in [-0.25, -0.2) is 4.79 Å². The van der Waals surface area contributed by atoms with E-state index in [2.05, 4.69) is 9.97 Å². The number of nitro groups is 1. The topological polar surface area (TPSA) is 118 Å². The van der Waals surface area contributed by atoms with Crippen molar-refractivity contribution in [3.63, 3.8) is 0 Å². The quantitative estimate of drug-likeness (QED) is 0.631. The average molecular weight is 287 g/mol. The van der Waals surface area contributed by atoms with Crippen LogP contribution in [0.3, 0.4) is 0 Å². The Morgan fingerprint density at radius 1 is 1.14 bits per heavy atom. The highest BCUT2D eigenvalue weighted by molar-refractivity contribution is 5.45. The molecule has 1 unspecified atom stereocenters. The Bertz CT molecular complexity index is 847. The molecule has 0 saturated heterocycles. The summed E-state index contributed by atoms with van der Waals surface area (Å²) < 4.78 is 5.13. The maximum Gasteiger partial charge on any atom is 0.328 e. The first-order chi connectivity index (χ1) is 10.1. The van der Waals surface area contributed by atoms with E-state index in [1.165, 1.54) is 18.4 Å². The lowest BCUT2D eigenvalue weighted by Crippen LogP contribution is -2.29. The number of nitrogens with one attached hydrogen (secondary N) is 2. The zero-order chi connectivity index (χ0) is 15.0. The molecule has 1 aromatic carbocycles. The third-order valence-electron chi connectivity index (χ3n) is 3.17. The third-order valence-corrected chi connectivity index (χ3v) is 3.17. The molecule has 1 atom stereocenters. The van der Waals surface area contributed by atoms with Crippen molar-refractivity contribution in [3.8, 4) is 5.88 Å². The van der Waals surface area contributed by atoms with Crippen LogP contribution in [0.2, 0.25) is 0 Å². The second-order valence-electron chi connectivity index (χ2n) is 4.42. The van der Waals surface area contributed by atoms with Crippen molar-refractivity contribution in [1.29, 1.82) is 0 Å². The van der Waals surface area contributed by atoms with E-state index in [9.17, 15) is 19.7 Å². The van der Waals surface area contributed by atoms with Gasteiger partial charge in [-0.3, -0.25) is 24.9 Å². The predicted molar refractivity (Wildman–Crippen MR) is 72.4 cm³/mol. The van der Waals surface area contributed by atoms with Crippen molar-refractivity contribution in [1.82, 2.24) is 9.97 Å². The number of allylic oxidation sites excluding steroid dienone is 1. The highest BCUT2D eigenvalue weighted by atomic mass is 16.6. The molecule has 0 bridgehead atoms. The van der Waals surface area contributed by atoms with E-state index in [0.717, 1.165) is 0 Å². The van der Waals surface area contributed by atoms with E-state index >= 15 is 0 Å². The van der Waals surface area contributed by atoms with Crippen LogP contribution in [0.5, 0.6) is 5.88 Å². The molecule has 2 aromatic rings. The Balaban J connectivity index is 2.10. The molecule has 106 valence electrons. The number of ether oxygens (including phenoxy) is 1. The van der Waals surface area contributed by atoms with E-state index in [4.69, 9.17) is 4.74 Å². The maximum absolute atomic E-state index is 11.9. The summed E-state index contributed by atoms with van der Waals surface area (Å²) in [5, 5.41) is 10.7. The van der Waals surface area contributed by atoms with Crippen LogP contribution in [-0.4, -0.2) is 14.9 Å². The number of nitrogens with zero attached hydrogens (tertiary/aromatic N) is 1. The Morgan fingerprint density at radius 2 is 1.86 bits per heavy atom. The monoisotopic (exact) mass is 287 g/mol. The number of rotatable bonds is 2. The fraction of sp³-hybridized carbons (Fsp3) is 0.0769. The Morgan fingerprint density at radius 3 is 2.52 bits per heavy atom. The van der Waals surface area contributed by atoms with Gasteiger partial charge in [-0.1, -0.05) is 12.1 Å². The number of non-ortho nitro benzene ring substituents is 1. The number of nitro benzene ring substituents is 1. The maximum atomic E-state index is 11.9. The zero-order valence-electron chi connectivity index (χ0n) is 10.5. The van der Waals surface area contributed by atoms with Gasteiger partial charge in [-0.2, -0.15) is 0 Å². The molecule has 0 radical (unpaired) electrons. The predicted octanol–water partition coefficient (Wildman–Crippen LogP) is 1.01. The van der Waals surface area contributed by atoms with Crippen molar-refractivity contribution in [2.24, 2.45) is 0 Å². The van der Waals surface area contributed by atoms with Crippen LogP contribution in [-0.2, 0) is 0 Å². The molecular weight excluding hydrogens is 278 g/mol. The minimum atomic E-state index is -0.656. The highest BCUT2D eigenvalue weighted by Crippen LogP contribution is 2.32. The van der Waals surface area contributed by atoms with Gasteiger partial charge in [0.05, 0.1) is 16.7 Å². The smallest absolute Gasteiger partial charge is 0.328 e. The van der Waals surface area contributed by atoms with E-state index in [-0.39, 0.29) is 17.1 Å². The van der Waals surface area contributed by atoms with Gasteiger partial charge in [0, 0.05) is 18.1 Å². The molecule has 2 N–H and O–H groups in total. The van der Waals surface area contributed by atoms with Gasteiger partial charge in [-0.15, -0.1) is 0 Å². The molecule has 0 amide bonds. The van der Waals surface area contributed by atoms with Gasteiger partial charge >= 0.3 is 5.69 Å². The molecule has 0 spiro atoms. The van der Waals surface area contributed by atoms with Crippen molar-refractivity contribution in [2.45, 2.75) is 5.92 Å². The lowest BCUT2D eigenvalue weighted by atomic mass is 9.91. The minimum Gasteiger partial charge on any atom is -0.448 e. The Labute approximate surface area is 116 Å². The van der Waals surface area contributed by atoms with Crippen molar-refractivity contribution < 1.29 is 9.66 Å². The SMILES string of the molecule is O=c1[nH]c2c(c(=O)[nH]1)C(c1ccc([N+](=O)[O-])cc1)C=CO2. The second-order valence-corrected chi connectivity index (χ2v) is 4.42. The number of fused-ring (bicyclic) bond motifs is 1. The van der Waals surface area contributed by atoms with Gasteiger partial charge in [0.15, 0.2) is 0 Å². The fourth-order valence-electron chi connectivity index (χ4n) is 2.21. The van der Waals surface area contributed by atoms with Gasteiger partial charge < -0.3 is 4.74 Å². The molecule has 21 heavy (non-hydrogen) atoms. The number of hydrogen-bond donors (Lipinski definition) is 2. The molecule has 0 saturated carbocycles. The molecule has 8 heteroatoms. The highest BCUT2D eigenvalue weighted by Gasteiger charge is 2.24. The molecule has 2 heterocycles. The normalized spacial score (nSPS) is 16.1. The summed E-state index contributed by atoms with van der Waals surface area (Å²) in [4.78, 5) is 37.9. The summed E-state index contributed by atoms with van der Waals surface area (Å²) in [6.45, 7) is 0. The van der Waals surface area contributed by atoms with Crippen molar-refractivity contribution in [2.75, 3.05) is 0 Å². The molecule has 0 aliphatic carbocycles. The number of hydrogen-bond acceptors (Lipinski definition) is 5. The summed E-state index contributed by atoms with van der Waals surface area (Å²) >= 11 is 0. The van der Waals surface area contributed by atoms with Gasteiger partial charge in [0.25, 0.3) is 11.2 Å². The van der Waals surface area contributed by atoms with Crippen LogP contribution in [0.4, 0.5) is 5.69 Å². The Kier molecular flexibility index (Phi) is 2.90. The summed E-state index contributed by atoms with van der Waals surface area (Å²) in [5.41, 5.74) is -0.312. The molecule has 1 aliphatic heterocycles. The zero-order valence-corrected chi connectivity index (χ0v) is 10.5. The Hall–Kier alpha value is -3.16. The largest absolute Gasteiger partial charge is 0.448 e. The van der Waals surface area contributed by atoms with E-state index in [0.29, 0.717) is 5.56 Å². The lowest BCUT2D eigenvalue weighted by molar-refractivity contribution is -0.384. The molecule has 1 aromatic heterocycles. The van der Waals surface area contributed by atoms with Gasteiger partial charge in [-0.05, 0) is 11.6 Å². The van der Waals surface area contributed by atoms with Crippen LogP contribution in [0, 0.1) is 10.1 Å². The third kappa shape index (κ3) is 2.22. The van der Waals surface area contributed by atoms with Crippen molar-refractivity contribution in [3.05, 3.63) is 78.7 Å². The van der Waals surface area contributed by atoms with Crippen molar-refractivity contribution >= 4 is 5.69 Å². The van der Waals surface area contributed by atoms with Gasteiger partial charge in [0.1, 0.15) is 0 Å². The van der Waals surface area contributed by atoms with E-state index in [1.807, 2.05) is 0 Å². The lowest BCUT2D eigenvalue weighted by Gasteiger charge is -2.19. The average Bonchev–Trinajstić information content (AvgIpc) is 2.46. The number of benzene rings is 1. The standard InChI is InChI=1S/C13H9N3O5/c17-11-10-9(5-6-21-12(10)15-13(18)14-11)7-1-3-8(4-2-7)16(19)20/h1-6,9H,(H2,14,15,17,18). The molecule has 8 nitrogen and oxygen atoms in total. The summed E-state index contributed by atoms with van der Waals surface area (Å²) in [6, 6.07) is 5.84. The number of H-pyrrole nitrogens is 2. The second kappa shape index (κ2) is 4.75. The first-order valence-corrected chi connectivity index (χ1v) is 6.00. The van der Waals surface area contributed by atoms with Crippen LogP contribution in [0.25, 0.3) is 0 Å². The fourth-order valence-corrected chi connectivity index (χ4v) is 2.21. The first-order valence-electron chi connectivity index (χ1n) is 6.00. The summed E-state index contributed by atoms with van der Waals surface area (Å²) in [6.07, 6.45) is 3.00. The van der Waals surface area contributed by atoms with E-state index < -0.39 is 22.1 Å². The number of aromatic nitrogens is 2. The van der Waals surface area contributed by atoms with Gasteiger partial charge in [0.2, 0.25) is 5.88 Å². The van der Waals surface area contributed by atoms with Crippen LogP contribution >= 0.6 is 0 Å². The van der Waals surface area contributed by atoms with Crippen LogP contribution in [0.1, 0.15) is 17.0 Å². The molecule has 3 rings (SSSR count). The molecule has 0 fully saturated rings. The van der Waals surface area contributed by atoms with Crippen LogP contribution < -0.4 is 16.0 Å². The minimum absolute atomic E-state index is 0.0367. The van der Waals surface area contributed by atoms with Crippen LogP contribution in [0.15, 0.2) is 46.2 Å². The molecule has 1 aliphatic rings. The number of aromatic amines is 2. The summed E-state index contributed by atoms with van der Waals surface area (Å²) in [5.74, 6) is -0.371. The first kappa shape index (κ1) is 12.9.